The lowest BCUT2D eigenvalue weighted by molar-refractivity contribution is -0.211. The van der Waals surface area contributed by atoms with E-state index in [2.05, 4.69) is 10.1 Å². The van der Waals surface area contributed by atoms with Gasteiger partial charge in [0.25, 0.3) is 5.89 Å². The van der Waals surface area contributed by atoms with Crippen LogP contribution in [0.2, 0.25) is 0 Å². The highest BCUT2D eigenvalue weighted by molar-refractivity contribution is 6.00. The van der Waals surface area contributed by atoms with Crippen LogP contribution in [0, 0.1) is 16.6 Å². The van der Waals surface area contributed by atoms with Crippen LogP contribution >= 0.6 is 0 Å². The summed E-state index contributed by atoms with van der Waals surface area (Å²) in [6, 6.07) is 6.03. The number of fused-ring (bicyclic) bond motifs is 3. The van der Waals surface area contributed by atoms with E-state index >= 15 is 0 Å². The average Bonchev–Trinajstić information content (AvgIpc) is 3.27. The van der Waals surface area contributed by atoms with Crippen LogP contribution in [0.25, 0.3) is 0 Å². The Morgan fingerprint density at radius 3 is 2.29 bits per heavy atom. The lowest BCUT2D eigenvalue weighted by Gasteiger charge is -2.65. The molecule has 0 radical (unpaired) electrons. The second-order valence-electron chi connectivity index (χ2n) is 11.4. The molecule has 0 unspecified atom stereocenters. The van der Waals surface area contributed by atoms with Crippen molar-refractivity contribution in [3.63, 3.8) is 0 Å². The molecule has 1 heterocycles. The Labute approximate surface area is 194 Å². The van der Waals surface area contributed by atoms with E-state index in [1.807, 2.05) is 0 Å². The second-order valence-corrected chi connectivity index (χ2v) is 11.4. The molecule has 1 amide bonds. The number of amides is 1. The van der Waals surface area contributed by atoms with Gasteiger partial charge in [-0.2, -0.15) is 13.8 Å². The summed E-state index contributed by atoms with van der Waals surface area (Å²) < 4.78 is 60.4. The Kier molecular flexibility index (Phi) is 4.42. The standard InChI is InChI=1S/C25H27F4N3O2/c1-21(27,28)19-30-18(31-34-19)23-8-5-22(6-9-23,7-10-23)15-32(17-4-2-3-16(26)11-17)20(33)24-12-25(29,13-24)14-24/h2-4,11H,5-10,12-15H2,1H3. The van der Waals surface area contributed by atoms with Crippen molar-refractivity contribution in [2.45, 2.75) is 81.7 Å². The molecule has 6 aliphatic carbocycles. The fourth-order valence-corrected chi connectivity index (χ4v) is 6.89. The molecule has 0 N–H and O–H groups in total. The van der Waals surface area contributed by atoms with Gasteiger partial charge in [0.2, 0.25) is 5.91 Å². The van der Waals surface area contributed by atoms with Crippen molar-refractivity contribution in [3.05, 3.63) is 41.8 Å². The first-order chi connectivity index (χ1) is 16.0. The summed E-state index contributed by atoms with van der Waals surface area (Å²) in [6.07, 6.45) is 5.23. The smallest absolute Gasteiger partial charge is 0.322 e. The molecule has 8 rings (SSSR count). The van der Waals surface area contributed by atoms with E-state index in [1.165, 1.54) is 12.1 Å². The molecule has 6 saturated carbocycles. The van der Waals surface area contributed by atoms with Gasteiger partial charge in [-0.1, -0.05) is 11.2 Å². The summed E-state index contributed by atoms with van der Waals surface area (Å²) in [5.41, 5.74) is -1.90. The predicted molar refractivity (Wildman–Crippen MR) is 115 cm³/mol. The normalized spacial score (nSPS) is 36.0. The van der Waals surface area contributed by atoms with Crippen molar-refractivity contribution in [2.75, 3.05) is 11.4 Å². The van der Waals surface area contributed by atoms with Gasteiger partial charge in [0, 0.05) is 24.6 Å². The van der Waals surface area contributed by atoms with Gasteiger partial charge in [0.1, 0.15) is 11.5 Å². The first-order valence-electron chi connectivity index (χ1n) is 11.9. The van der Waals surface area contributed by atoms with Gasteiger partial charge in [-0.25, -0.2) is 8.78 Å². The lowest BCUT2D eigenvalue weighted by Crippen LogP contribution is -2.71. The number of carbonyl (C=O) groups excluding carboxylic acids is 1. The van der Waals surface area contributed by atoms with Gasteiger partial charge in [-0.05, 0) is 81.4 Å². The first kappa shape index (κ1) is 22.0. The molecule has 0 spiro atoms. The molecule has 0 aliphatic heterocycles. The molecule has 9 heteroatoms. The third-order valence-corrected chi connectivity index (χ3v) is 8.96. The Hall–Kier alpha value is -2.45. The Morgan fingerprint density at radius 1 is 1.12 bits per heavy atom. The molecular formula is C25H27F4N3O2. The molecule has 1 aromatic heterocycles. The van der Waals surface area contributed by atoms with Crippen LogP contribution in [0.4, 0.5) is 23.2 Å². The number of alkyl halides is 3. The summed E-state index contributed by atoms with van der Waals surface area (Å²) in [7, 11) is 0. The monoisotopic (exact) mass is 477 g/mol. The number of rotatable bonds is 6. The minimum atomic E-state index is -3.18. The van der Waals surface area contributed by atoms with E-state index in [0.29, 0.717) is 37.3 Å². The zero-order valence-electron chi connectivity index (χ0n) is 19.1. The summed E-state index contributed by atoms with van der Waals surface area (Å²) >= 11 is 0. The molecule has 182 valence electrons. The molecule has 6 aliphatic rings. The molecule has 2 aromatic rings. The van der Waals surface area contributed by atoms with Crippen molar-refractivity contribution in [1.82, 2.24) is 10.1 Å². The molecule has 0 atom stereocenters. The maximum Gasteiger partial charge on any atom is 0.322 e. The van der Waals surface area contributed by atoms with E-state index < -0.39 is 34.1 Å². The molecule has 0 saturated heterocycles. The molecule has 1 aromatic carbocycles. The van der Waals surface area contributed by atoms with Gasteiger partial charge in [0.05, 0.1) is 5.41 Å². The van der Waals surface area contributed by atoms with Crippen LogP contribution in [0.15, 0.2) is 28.8 Å². The van der Waals surface area contributed by atoms with Gasteiger partial charge in [-0.3, -0.25) is 4.79 Å². The largest absolute Gasteiger partial charge is 0.333 e. The molecule has 5 nitrogen and oxygen atoms in total. The maximum absolute atomic E-state index is 14.2. The first-order valence-corrected chi connectivity index (χ1v) is 11.9. The number of anilines is 1. The lowest BCUT2D eigenvalue weighted by atomic mass is 9.41. The highest BCUT2D eigenvalue weighted by atomic mass is 19.3. The van der Waals surface area contributed by atoms with E-state index in [1.54, 1.807) is 17.0 Å². The Morgan fingerprint density at radius 2 is 1.76 bits per heavy atom. The number of halogens is 4. The van der Waals surface area contributed by atoms with E-state index in [0.717, 1.165) is 26.2 Å². The number of carbonyl (C=O) groups is 1. The van der Waals surface area contributed by atoms with Crippen molar-refractivity contribution in [2.24, 2.45) is 10.8 Å². The van der Waals surface area contributed by atoms with Crippen molar-refractivity contribution in [3.8, 4) is 0 Å². The summed E-state index contributed by atoms with van der Waals surface area (Å²) in [4.78, 5) is 19.3. The van der Waals surface area contributed by atoms with Crippen LogP contribution in [0.5, 0.6) is 0 Å². The van der Waals surface area contributed by atoms with Gasteiger partial charge in [-0.15, -0.1) is 0 Å². The fraction of sp³-hybridized carbons (Fsp3) is 0.640. The molecular weight excluding hydrogens is 450 g/mol. The third kappa shape index (κ3) is 3.22. The highest BCUT2D eigenvalue weighted by Gasteiger charge is 2.73. The second kappa shape index (κ2) is 6.82. The van der Waals surface area contributed by atoms with Crippen molar-refractivity contribution >= 4 is 11.6 Å². The minimum Gasteiger partial charge on any atom is -0.333 e. The molecule has 6 fully saturated rings. The Bertz CT molecular complexity index is 1110. The zero-order valence-corrected chi connectivity index (χ0v) is 19.1. The van der Waals surface area contributed by atoms with Gasteiger partial charge < -0.3 is 9.42 Å². The van der Waals surface area contributed by atoms with Gasteiger partial charge >= 0.3 is 5.92 Å². The fourth-order valence-electron chi connectivity index (χ4n) is 6.89. The minimum absolute atomic E-state index is 0.109. The zero-order chi connectivity index (χ0) is 24.0. The number of nitrogens with zero attached hydrogens (tertiary/aromatic N) is 3. The average molecular weight is 478 g/mol. The van der Waals surface area contributed by atoms with E-state index in [-0.39, 0.29) is 30.6 Å². The SMILES string of the molecule is CC(F)(F)c1nc(C23CCC(CN(C(=O)C45CC(F)(C4)C5)c4cccc(F)c4)(CC2)CC3)no1. The van der Waals surface area contributed by atoms with E-state index in [4.69, 9.17) is 4.52 Å². The van der Waals surface area contributed by atoms with Crippen LogP contribution in [0.3, 0.4) is 0 Å². The van der Waals surface area contributed by atoms with E-state index in [9.17, 15) is 22.4 Å². The van der Waals surface area contributed by atoms with Crippen molar-refractivity contribution < 1.29 is 26.9 Å². The van der Waals surface area contributed by atoms with Crippen LogP contribution in [-0.2, 0) is 16.1 Å². The molecule has 4 bridgehead atoms. The van der Waals surface area contributed by atoms with Crippen LogP contribution in [0.1, 0.15) is 76.4 Å². The summed E-state index contributed by atoms with van der Waals surface area (Å²) in [5.74, 6) is -4.02. The summed E-state index contributed by atoms with van der Waals surface area (Å²) in [6.45, 7) is 1.18. The molecule has 34 heavy (non-hydrogen) atoms. The van der Waals surface area contributed by atoms with Crippen LogP contribution in [-0.4, -0.2) is 28.3 Å². The Balaban J connectivity index is 1.23. The van der Waals surface area contributed by atoms with Crippen LogP contribution < -0.4 is 4.90 Å². The third-order valence-electron chi connectivity index (χ3n) is 8.96. The quantitative estimate of drug-likeness (QED) is 0.491. The highest BCUT2D eigenvalue weighted by Crippen LogP contribution is 2.70. The predicted octanol–water partition coefficient (Wildman–Crippen LogP) is 5.84. The number of aromatic nitrogens is 2. The van der Waals surface area contributed by atoms with Crippen molar-refractivity contribution in [1.29, 1.82) is 0 Å². The number of benzene rings is 1. The topological polar surface area (TPSA) is 59.2 Å². The maximum atomic E-state index is 14.2. The summed E-state index contributed by atoms with van der Waals surface area (Å²) in [5, 5.41) is 3.90. The number of hydrogen-bond donors (Lipinski definition) is 0. The van der Waals surface area contributed by atoms with Gasteiger partial charge in [0.15, 0.2) is 5.82 Å². The number of hydrogen-bond acceptors (Lipinski definition) is 4.